The highest BCUT2D eigenvalue weighted by Gasteiger charge is 2.22. The van der Waals surface area contributed by atoms with Gasteiger partial charge in [-0.2, -0.15) is 0 Å². The van der Waals surface area contributed by atoms with Gasteiger partial charge in [-0.15, -0.1) is 0 Å². The first-order valence-corrected chi connectivity index (χ1v) is 7.56. The van der Waals surface area contributed by atoms with Crippen LogP contribution in [0.25, 0.3) is 0 Å². The predicted octanol–water partition coefficient (Wildman–Crippen LogP) is 1.75. The number of benzene rings is 1. The maximum atomic E-state index is 12.3. The summed E-state index contributed by atoms with van der Waals surface area (Å²) in [5, 5.41) is 11.5. The molecule has 1 aliphatic rings. The Bertz CT molecular complexity index is 484. The van der Waals surface area contributed by atoms with Crippen LogP contribution in [0.3, 0.4) is 0 Å². The fraction of sp³-hybridized carbons (Fsp3) is 0.462. The first-order chi connectivity index (χ1) is 9.61. The number of nitro groups is 1. The average molecular weight is 342 g/mol. The molecule has 0 spiro atoms. The summed E-state index contributed by atoms with van der Waals surface area (Å²) in [6.45, 7) is 4.11. The molecular formula is C13H16BrN3O3. The van der Waals surface area contributed by atoms with E-state index in [1.807, 2.05) is 0 Å². The van der Waals surface area contributed by atoms with Gasteiger partial charge in [0.15, 0.2) is 0 Å². The second-order valence-corrected chi connectivity index (χ2v) is 5.42. The fourth-order valence-electron chi connectivity index (χ4n) is 2.20. The van der Waals surface area contributed by atoms with Gasteiger partial charge in [-0.3, -0.25) is 19.8 Å². The minimum atomic E-state index is -0.465. The Morgan fingerprint density at radius 3 is 2.30 bits per heavy atom. The van der Waals surface area contributed by atoms with Crippen molar-refractivity contribution in [3.8, 4) is 0 Å². The summed E-state index contributed by atoms with van der Waals surface area (Å²) >= 11 is 3.41. The molecule has 1 aliphatic heterocycles. The molecule has 1 fully saturated rings. The zero-order chi connectivity index (χ0) is 14.5. The van der Waals surface area contributed by atoms with Crippen LogP contribution in [-0.4, -0.2) is 58.7 Å². The molecule has 0 atom stereocenters. The highest BCUT2D eigenvalue weighted by Crippen LogP contribution is 2.14. The van der Waals surface area contributed by atoms with E-state index in [9.17, 15) is 14.9 Å². The molecule has 1 heterocycles. The Kier molecular flexibility index (Phi) is 5.08. The lowest BCUT2D eigenvalue weighted by Gasteiger charge is -2.34. The molecule has 6 nitrogen and oxygen atoms in total. The molecule has 108 valence electrons. The van der Waals surface area contributed by atoms with Crippen LogP contribution >= 0.6 is 15.9 Å². The number of non-ortho nitro benzene ring substituents is 1. The number of nitrogens with zero attached hydrogens (tertiary/aromatic N) is 3. The van der Waals surface area contributed by atoms with E-state index < -0.39 is 4.92 Å². The van der Waals surface area contributed by atoms with Crippen molar-refractivity contribution in [2.45, 2.75) is 0 Å². The molecule has 0 aromatic heterocycles. The lowest BCUT2D eigenvalue weighted by Crippen LogP contribution is -2.49. The maximum Gasteiger partial charge on any atom is 0.269 e. The first kappa shape index (κ1) is 14.9. The van der Waals surface area contributed by atoms with E-state index >= 15 is 0 Å². The Balaban J connectivity index is 1.96. The smallest absolute Gasteiger partial charge is 0.269 e. The lowest BCUT2D eigenvalue weighted by molar-refractivity contribution is -0.384. The van der Waals surface area contributed by atoms with Crippen molar-refractivity contribution in [3.05, 3.63) is 39.9 Å². The van der Waals surface area contributed by atoms with Crippen molar-refractivity contribution in [3.63, 3.8) is 0 Å². The molecular weight excluding hydrogens is 326 g/mol. The largest absolute Gasteiger partial charge is 0.336 e. The summed E-state index contributed by atoms with van der Waals surface area (Å²) in [5.41, 5.74) is 0.508. The van der Waals surface area contributed by atoms with Crippen molar-refractivity contribution in [2.24, 2.45) is 0 Å². The Morgan fingerprint density at radius 2 is 1.80 bits per heavy atom. The predicted molar refractivity (Wildman–Crippen MR) is 79.2 cm³/mol. The summed E-state index contributed by atoms with van der Waals surface area (Å²) in [6, 6.07) is 5.78. The molecule has 2 rings (SSSR count). The van der Waals surface area contributed by atoms with Crippen LogP contribution in [0.5, 0.6) is 0 Å². The number of hydrogen-bond donors (Lipinski definition) is 0. The Morgan fingerprint density at radius 1 is 1.20 bits per heavy atom. The summed E-state index contributed by atoms with van der Waals surface area (Å²) in [7, 11) is 0. The lowest BCUT2D eigenvalue weighted by atomic mass is 10.1. The molecule has 20 heavy (non-hydrogen) atoms. The fourth-order valence-corrected chi connectivity index (χ4v) is 2.70. The number of hydrogen-bond acceptors (Lipinski definition) is 4. The van der Waals surface area contributed by atoms with E-state index in [0.29, 0.717) is 18.7 Å². The zero-order valence-electron chi connectivity index (χ0n) is 11.0. The number of carbonyl (C=O) groups is 1. The number of carbonyl (C=O) groups excluding carboxylic acids is 1. The van der Waals surface area contributed by atoms with Crippen LogP contribution in [0, 0.1) is 10.1 Å². The minimum absolute atomic E-state index is 0.00342. The van der Waals surface area contributed by atoms with Gasteiger partial charge in [0.2, 0.25) is 0 Å². The van der Waals surface area contributed by atoms with E-state index in [2.05, 4.69) is 20.8 Å². The number of nitro benzene ring substituents is 1. The van der Waals surface area contributed by atoms with Crippen molar-refractivity contribution in [1.82, 2.24) is 9.80 Å². The van der Waals surface area contributed by atoms with Gasteiger partial charge in [-0.25, -0.2) is 0 Å². The molecule has 0 N–H and O–H groups in total. The van der Waals surface area contributed by atoms with Crippen LogP contribution in [-0.2, 0) is 0 Å². The molecule has 7 heteroatoms. The molecule has 0 unspecified atom stereocenters. The Labute approximate surface area is 125 Å². The van der Waals surface area contributed by atoms with Crippen molar-refractivity contribution < 1.29 is 9.72 Å². The summed E-state index contributed by atoms with van der Waals surface area (Å²) in [6.07, 6.45) is 0. The van der Waals surface area contributed by atoms with Crippen LogP contribution in [0.15, 0.2) is 24.3 Å². The van der Waals surface area contributed by atoms with Crippen molar-refractivity contribution in [2.75, 3.05) is 38.1 Å². The van der Waals surface area contributed by atoms with E-state index in [1.54, 1.807) is 4.90 Å². The third kappa shape index (κ3) is 3.55. The van der Waals surface area contributed by atoms with Gasteiger partial charge in [0.05, 0.1) is 4.92 Å². The van der Waals surface area contributed by atoms with Gasteiger partial charge in [-0.05, 0) is 12.1 Å². The highest BCUT2D eigenvalue weighted by atomic mass is 79.9. The number of piperazine rings is 1. The quantitative estimate of drug-likeness (QED) is 0.475. The van der Waals surface area contributed by atoms with Crippen molar-refractivity contribution in [1.29, 1.82) is 0 Å². The zero-order valence-corrected chi connectivity index (χ0v) is 12.6. The molecule has 0 radical (unpaired) electrons. The molecule has 1 aromatic carbocycles. The van der Waals surface area contributed by atoms with Crippen LogP contribution in [0.4, 0.5) is 5.69 Å². The van der Waals surface area contributed by atoms with Crippen molar-refractivity contribution >= 4 is 27.5 Å². The van der Waals surface area contributed by atoms with E-state index in [-0.39, 0.29) is 11.6 Å². The molecule has 1 aromatic rings. The third-order valence-electron chi connectivity index (χ3n) is 3.39. The second-order valence-electron chi connectivity index (χ2n) is 4.63. The molecule has 1 amide bonds. The van der Waals surface area contributed by atoms with Crippen LogP contribution in [0.1, 0.15) is 10.4 Å². The molecule has 1 saturated heterocycles. The van der Waals surface area contributed by atoms with Gasteiger partial charge < -0.3 is 4.90 Å². The number of alkyl halides is 1. The Hall–Kier alpha value is -1.47. The van der Waals surface area contributed by atoms with Gasteiger partial charge in [-0.1, -0.05) is 15.9 Å². The van der Waals surface area contributed by atoms with E-state index in [0.717, 1.165) is 25.0 Å². The van der Waals surface area contributed by atoms with E-state index in [1.165, 1.54) is 24.3 Å². The minimum Gasteiger partial charge on any atom is -0.336 e. The van der Waals surface area contributed by atoms with Gasteiger partial charge >= 0.3 is 0 Å². The molecule has 0 bridgehead atoms. The second kappa shape index (κ2) is 6.81. The SMILES string of the molecule is O=C(c1ccc([N+](=O)[O-])cc1)N1CCN(CCBr)CC1. The molecule has 0 saturated carbocycles. The highest BCUT2D eigenvalue weighted by molar-refractivity contribution is 9.09. The van der Waals surface area contributed by atoms with Gasteiger partial charge in [0.25, 0.3) is 11.6 Å². The first-order valence-electron chi connectivity index (χ1n) is 6.44. The molecule has 0 aliphatic carbocycles. The number of amides is 1. The third-order valence-corrected chi connectivity index (χ3v) is 3.74. The maximum absolute atomic E-state index is 12.3. The monoisotopic (exact) mass is 341 g/mol. The number of rotatable bonds is 4. The van der Waals surface area contributed by atoms with Crippen LogP contribution < -0.4 is 0 Å². The topological polar surface area (TPSA) is 66.7 Å². The summed E-state index contributed by atoms with van der Waals surface area (Å²) in [4.78, 5) is 26.5. The standard InChI is InChI=1S/C13H16BrN3O3/c14-5-6-15-7-9-16(10-8-15)13(18)11-1-3-12(4-2-11)17(19)20/h1-4H,5-10H2. The van der Waals surface area contributed by atoms with Gasteiger partial charge in [0, 0.05) is 55.8 Å². The summed E-state index contributed by atoms with van der Waals surface area (Å²) in [5.74, 6) is -0.0570. The normalized spacial score (nSPS) is 16.1. The van der Waals surface area contributed by atoms with Gasteiger partial charge in [0.1, 0.15) is 0 Å². The average Bonchev–Trinajstić information content (AvgIpc) is 2.48. The summed E-state index contributed by atoms with van der Waals surface area (Å²) < 4.78 is 0. The van der Waals surface area contributed by atoms with Crippen LogP contribution in [0.2, 0.25) is 0 Å². The van der Waals surface area contributed by atoms with E-state index in [4.69, 9.17) is 0 Å². The number of halogens is 1.